The Morgan fingerprint density at radius 2 is 1.73 bits per heavy atom. The summed E-state index contributed by atoms with van der Waals surface area (Å²) in [5.74, 6) is 1.33. The summed E-state index contributed by atoms with van der Waals surface area (Å²) < 4.78 is 15.9. The number of amides is 2. The number of hydrogen-bond acceptors (Lipinski definition) is 5. The predicted molar refractivity (Wildman–Crippen MR) is 115 cm³/mol. The van der Waals surface area contributed by atoms with Gasteiger partial charge in [-0.1, -0.05) is 18.2 Å². The molecule has 2 aromatic rings. The third kappa shape index (κ3) is 4.84. The number of benzene rings is 2. The zero-order valence-electron chi connectivity index (χ0n) is 17.7. The molecule has 0 radical (unpaired) electrons. The van der Waals surface area contributed by atoms with Crippen LogP contribution >= 0.6 is 0 Å². The van der Waals surface area contributed by atoms with Crippen molar-refractivity contribution in [2.75, 3.05) is 39.3 Å². The lowest BCUT2D eigenvalue weighted by Gasteiger charge is -2.29. The number of rotatable bonds is 8. The van der Waals surface area contributed by atoms with Crippen molar-refractivity contribution < 1.29 is 23.8 Å². The van der Waals surface area contributed by atoms with Crippen molar-refractivity contribution in [3.63, 3.8) is 0 Å². The summed E-state index contributed by atoms with van der Waals surface area (Å²) in [6.45, 7) is 1.01. The molecule has 7 heteroatoms. The Balaban J connectivity index is 1.55. The maximum atomic E-state index is 12.7. The quantitative estimate of drug-likeness (QED) is 0.722. The van der Waals surface area contributed by atoms with Crippen LogP contribution in [0.4, 0.5) is 5.69 Å². The first-order valence-electron chi connectivity index (χ1n) is 10.0. The summed E-state index contributed by atoms with van der Waals surface area (Å²) in [6, 6.07) is 11.5. The molecule has 2 amide bonds. The van der Waals surface area contributed by atoms with Gasteiger partial charge in [-0.25, -0.2) is 0 Å². The van der Waals surface area contributed by atoms with Crippen LogP contribution in [0.15, 0.2) is 36.4 Å². The molecule has 0 aromatic heterocycles. The average molecular weight is 412 g/mol. The van der Waals surface area contributed by atoms with Gasteiger partial charge >= 0.3 is 0 Å². The van der Waals surface area contributed by atoms with Crippen LogP contribution in [0.25, 0.3) is 0 Å². The van der Waals surface area contributed by atoms with Crippen LogP contribution in [0.1, 0.15) is 24.0 Å². The lowest BCUT2D eigenvalue weighted by Crippen LogP contribution is -2.38. The first-order valence-corrected chi connectivity index (χ1v) is 10.0. The lowest BCUT2D eigenvalue weighted by atomic mass is 10.0. The van der Waals surface area contributed by atoms with Crippen molar-refractivity contribution in [1.29, 1.82) is 0 Å². The highest BCUT2D eigenvalue weighted by molar-refractivity contribution is 5.95. The van der Waals surface area contributed by atoms with E-state index in [1.165, 1.54) is 26.9 Å². The standard InChI is InChI=1S/C23H28N2O5/c1-28-19-13-16(14-20(29-2)23(19)30-3)15-21(26)24-11-10-22(27)25-12-6-8-17-7-4-5-9-18(17)25/h4-5,7,9,13-14H,6,8,10-12,15H2,1-3H3,(H,24,26). The molecule has 7 nitrogen and oxygen atoms in total. The van der Waals surface area contributed by atoms with Crippen LogP contribution in [-0.4, -0.2) is 46.2 Å². The molecular formula is C23H28N2O5. The van der Waals surface area contributed by atoms with E-state index in [4.69, 9.17) is 14.2 Å². The molecule has 160 valence electrons. The summed E-state index contributed by atoms with van der Waals surface area (Å²) in [5, 5.41) is 2.83. The number of nitrogens with zero attached hydrogens (tertiary/aromatic N) is 1. The predicted octanol–water partition coefficient (Wildman–Crippen LogP) is 2.74. The summed E-state index contributed by atoms with van der Waals surface area (Å²) in [7, 11) is 4.60. The van der Waals surface area contributed by atoms with E-state index >= 15 is 0 Å². The van der Waals surface area contributed by atoms with Crippen LogP contribution in [0.3, 0.4) is 0 Å². The number of carbonyl (C=O) groups is 2. The van der Waals surface area contributed by atoms with Crippen LogP contribution in [0, 0.1) is 0 Å². The Morgan fingerprint density at radius 3 is 2.40 bits per heavy atom. The van der Waals surface area contributed by atoms with E-state index in [-0.39, 0.29) is 24.7 Å². The van der Waals surface area contributed by atoms with Gasteiger partial charge in [0, 0.05) is 25.2 Å². The number of carbonyl (C=O) groups excluding carboxylic acids is 2. The number of nitrogens with one attached hydrogen (secondary N) is 1. The number of anilines is 1. The maximum Gasteiger partial charge on any atom is 0.228 e. The van der Waals surface area contributed by atoms with E-state index in [2.05, 4.69) is 11.4 Å². The Bertz CT molecular complexity index is 887. The van der Waals surface area contributed by atoms with Crippen LogP contribution < -0.4 is 24.4 Å². The number of para-hydroxylation sites is 1. The minimum Gasteiger partial charge on any atom is -0.493 e. The van der Waals surface area contributed by atoms with E-state index in [0.29, 0.717) is 23.8 Å². The van der Waals surface area contributed by atoms with E-state index in [0.717, 1.165) is 30.6 Å². The minimum absolute atomic E-state index is 0.0234. The molecule has 1 aliphatic rings. The van der Waals surface area contributed by atoms with Crippen molar-refractivity contribution in [3.8, 4) is 17.2 Å². The molecule has 1 aliphatic heterocycles. The first-order chi connectivity index (χ1) is 14.6. The number of fused-ring (bicyclic) bond motifs is 1. The molecule has 2 aromatic carbocycles. The zero-order valence-corrected chi connectivity index (χ0v) is 17.7. The molecule has 0 bridgehead atoms. The summed E-state index contributed by atoms with van der Waals surface area (Å²) >= 11 is 0. The van der Waals surface area contributed by atoms with Gasteiger partial charge in [0.1, 0.15) is 0 Å². The molecule has 0 fully saturated rings. The summed E-state index contributed by atoms with van der Waals surface area (Å²) in [4.78, 5) is 26.9. The van der Waals surface area contributed by atoms with Crippen LogP contribution in [-0.2, 0) is 22.4 Å². The fourth-order valence-corrected chi connectivity index (χ4v) is 3.72. The van der Waals surface area contributed by atoms with Gasteiger partial charge in [-0.3, -0.25) is 9.59 Å². The second-order valence-electron chi connectivity index (χ2n) is 7.09. The van der Waals surface area contributed by atoms with E-state index in [1.54, 1.807) is 12.1 Å². The Morgan fingerprint density at radius 1 is 1.03 bits per heavy atom. The van der Waals surface area contributed by atoms with Gasteiger partial charge in [0.05, 0.1) is 27.8 Å². The van der Waals surface area contributed by atoms with Crippen LogP contribution in [0.2, 0.25) is 0 Å². The highest BCUT2D eigenvalue weighted by Crippen LogP contribution is 2.38. The molecule has 3 rings (SSSR count). The largest absolute Gasteiger partial charge is 0.493 e. The third-order valence-corrected chi connectivity index (χ3v) is 5.16. The molecule has 0 spiro atoms. The Hall–Kier alpha value is -3.22. The second kappa shape index (κ2) is 10.0. The van der Waals surface area contributed by atoms with Gasteiger partial charge in [-0.05, 0) is 42.2 Å². The number of ether oxygens (including phenoxy) is 3. The van der Waals surface area contributed by atoms with E-state index in [9.17, 15) is 9.59 Å². The minimum atomic E-state index is -0.170. The van der Waals surface area contributed by atoms with Crippen LogP contribution in [0.5, 0.6) is 17.2 Å². The monoisotopic (exact) mass is 412 g/mol. The van der Waals surface area contributed by atoms with E-state index < -0.39 is 0 Å². The molecule has 30 heavy (non-hydrogen) atoms. The molecule has 0 unspecified atom stereocenters. The smallest absolute Gasteiger partial charge is 0.228 e. The van der Waals surface area contributed by atoms with Gasteiger partial charge in [0.15, 0.2) is 11.5 Å². The number of methoxy groups -OCH3 is 3. The fraction of sp³-hybridized carbons (Fsp3) is 0.391. The van der Waals surface area contributed by atoms with Gasteiger partial charge in [-0.2, -0.15) is 0 Å². The summed E-state index contributed by atoms with van der Waals surface area (Å²) in [6.07, 6.45) is 2.36. The molecular weight excluding hydrogens is 384 g/mol. The van der Waals surface area contributed by atoms with Crippen molar-refractivity contribution in [3.05, 3.63) is 47.5 Å². The first kappa shape index (κ1) is 21.5. The maximum absolute atomic E-state index is 12.7. The molecule has 1 heterocycles. The number of hydrogen-bond donors (Lipinski definition) is 1. The fourth-order valence-electron chi connectivity index (χ4n) is 3.72. The van der Waals surface area contributed by atoms with Gasteiger partial charge in [-0.15, -0.1) is 0 Å². The third-order valence-electron chi connectivity index (χ3n) is 5.16. The summed E-state index contributed by atoms with van der Waals surface area (Å²) in [5.41, 5.74) is 2.92. The molecule has 0 aliphatic carbocycles. The molecule has 1 N–H and O–H groups in total. The van der Waals surface area contributed by atoms with E-state index in [1.807, 2.05) is 23.1 Å². The van der Waals surface area contributed by atoms with Gasteiger partial charge in [0.25, 0.3) is 0 Å². The molecule has 0 saturated heterocycles. The highest BCUT2D eigenvalue weighted by atomic mass is 16.5. The SMILES string of the molecule is COc1cc(CC(=O)NCCC(=O)N2CCCc3ccccc32)cc(OC)c1OC. The van der Waals surface area contributed by atoms with Gasteiger partial charge < -0.3 is 24.4 Å². The topological polar surface area (TPSA) is 77.1 Å². The molecule has 0 saturated carbocycles. The van der Waals surface area contributed by atoms with Crippen molar-refractivity contribution >= 4 is 17.5 Å². The van der Waals surface area contributed by atoms with Crippen molar-refractivity contribution in [2.24, 2.45) is 0 Å². The lowest BCUT2D eigenvalue weighted by molar-refractivity contribution is -0.121. The molecule has 0 atom stereocenters. The highest BCUT2D eigenvalue weighted by Gasteiger charge is 2.22. The Kier molecular flexibility index (Phi) is 7.17. The Labute approximate surface area is 176 Å². The zero-order chi connectivity index (χ0) is 21.5. The van der Waals surface area contributed by atoms with Crippen molar-refractivity contribution in [2.45, 2.75) is 25.7 Å². The van der Waals surface area contributed by atoms with Crippen molar-refractivity contribution in [1.82, 2.24) is 5.32 Å². The average Bonchev–Trinajstić information content (AvgIpc) is 2.77. The van der Waals surface area contributed by atoms with Gasteiger partial charge in [0.2, 0.25) is 17.6 Å². The second-order valence-corrected chi connectivity index (χ2v) is 7.09. The normalized spacial score (nSPS) is 12.7. The number of aryl methyl sites for hydroxylation is 1.